The smallest absolute Gasteiger partial charge is 0.433 e. The minimum atomic E-state index is -4.53. The number of hydrogen-bond acceptors (Lipinski definition) is 15. The maximum Gasteiger partial charge on any atom is 0.433 e. The first-order valence-corrected chi connectivity index (χ1v) is 20.5. The number of nitrogens with zero attached hydrogens (tertiary/aromatic N) is 8. The Morgan fingerprint density at radius 1 is 0.667 bits per heavy atom. The third kappa shape index (κ3) is 18.1. The van der Waals surface area contributed by atoms with Crippen LogP contribution in [-0.2, 0) is 44.4 Å². The zero-order valence-electron chi connectivity index (χ0n) is 37.7. The monoisotopic (exact) mass is 1000 g/mol. The molecule has 0 aliphatic carbocycles. The summed E-state index contributed by atoms with van der Waals surface area (Å²) < 4.78 is 85.5. The Kier molecular flexibility index (Phi) is 20.9. The van der Waals surface area contributed by atoms with Crippen LogP contribution >= 0.6 is 12.4 Å². The van der Waals surface area contributed by atoms with E-state index in [0.29, 0.717) is 33.9 Å². The number of carboxylic acid groups (broad SMARTS) is 1. The van der Waals surface area contributed by atoms with E-state index in [9.17, 15) is 55.7 Å². The maximum atomic E-state index is 12.8. The summed E-state index contributed by atoms with van der Waals surface area (Å²) in [4.78, 5) is 72.9. The molecule has 0 radical (unpaired) electrons. The second-order valence-corrected chi connectivity index (χ2v) is 17.2. The van der Waals surface area contributed by atoms with Gasteiger partial charge in [-0.3, -0.25) is 24.6 Å². The van der Waals surface area contributed by atoms with Gasteiger partial charge in [0.05, 0.1) is 48.4 Å². The topological polar surface area (TPSA) is 257 Å². The van der Waals surface area contributed by atoms with Gasteiger partial charge in [-0.25, -0.2) is 34.3 Å². The van der Waals surface area contributed by atoms with E-state index in [1.54, 1.807) is 53.7 Å². The molecule has 2 fully saturated rings. The molecule has 0 aromatic carbocycles. The van der Waals surface area contributed by atoms with Gasteiger partial charge < -0.3 is 30.5 Å². The van der Waals surface area contributed by atoms with Crippen LogP contribution in [0, 0.1) is 0 Å². The quantitative estimate of drug-likeness (QED) is 0.130. The predicted molar refractivity (Wildman–Crippen MR) is 238 cm³/mol. The molecule has 18 nitrogen and oxygen atoms in total. The molecular formula is C44H56ClF6N9O9. The average molecular weight is 1000 g/mol. The number of carbonyl (C=O) groups excluding carboxylic acids is 3. The summed E-state index contributed by atoms with van der Waals surface area (Å²) in [5, 5.41) is 28.2. The van der Waals surface area contributed by atoms with E-state index in [2.05, 4.69) is 29.9 Å². The Labute approximate surface area is 400 Å². The molecule has 4 aromatic rings. The Morgan fingerprint density at radius 2 is 1.07 bits per heavy atom. The molecule has 2 aliphatic rings. The highest BCUT2D eigenvalue weighted by atomic mass is 35.5. The number of aryl methyl sites for hydroxylation is 1. The Bertz CT molecular complexity index is 2330. The molecule has 6 heterocycles. The van der Waals surface area contributed by atoms with Gasteiger partial charge in [0.1, 0.15) is 41.3 Å². The second kappa shape index (κ2) is 24.4. The zero-order valence-corrected chi connectivity index (χ0v) is 38.5. The van der Waals surface area contributed by atoms with Crippen LogP contribution in [0.1, 0.15) is 91.0 Å². The van der Waals surface area contributed by atoms with Gasteiger partial charge in [-0.05, 0) is 84.4 Å². The van der Waals surface area contributed by atoms with Crippen LogP contribution in [0.5, 0.6) is 0 Å². The molecule has 0 unspecified atom stereocenters. The molecule has 69 heavy (non-hydrogen) atoms. The summed E-state index contributed by atoms with van der Waals surface area (Å²) in [6.45, 7) is 10.5. The fourth-order valence-corrected chi connectivity index (χ4v) is 6.41. The van der Waals surface area contributed by atoms with Crippen molar-refractivity contribution in [2.75, 3.05) is 13.1 Å². The van der Waals surface area contributed by atoms with Gasteiger partial charge in [-0.1, -0.05) is 7.43 Å². The minimum absolute atomic E-state index is 0. The van der Waals surface area contributed by atoms with Gasteiger partial charge in [-0.15, -0.1) is 12.4 Å². The number of nitrogens with two attached hydrogens (primary N) is 1. The molecule has 4 atom stereocenters. The molecule has 6 rings (SSSR count). The van der Waals surface area contributed by atoms with Gasteiger partial charge in [0.15, 0.2) is 5.78 Å². The second-order valence-electron chi connectivity index (χ2n) is 17.2. The largest absolute Gasteiger partial charge is 0.480 e. The molecule has 380 valence electrons. The number of ether oxygens (including phenoxy) is 2. The lowest BCUT2D eigenvalue weighted by atomic mass is 10.0. The number of hydrogen-bond donors (Lipinski definition) is 4. The number of β-amino-alcohol motifs (C(OH)–C–C–N with tert-alkyl or cyclic N) is 2. The SMILES string of the molecule is C.CC(C)(C)OC(=O)N1C[C@H](O)C[C@H]1C(=O)CCc1cc(-c2ccc(C(F)(F)F)nc2)ncn1.CC(C)(C)OC(=O)N1C[C@H](O)C[C@H]1C(=O)O.Cl.NCc1cc(-c2ccc(C(F)(F)F)nc2)ncn1. The van der Waals surface area contributed by atoms with Gasteiger partial charge in [0.25, 0.3) is 0 Å². The molecule has 25 heteroatoms. The number of aliphatic carboxylic acids is 1. The highest BCUT2D eigenvalue weighted by Crippen LogP contribution is 2.30. The van der Waals surface area contributed by atoms with E-state index in [1.807, 2.05) is 0 Å². The van der Waals surface area contributed by atoms with Crippen molar-refractivity contribution in [3.8, 4) is 22.5 Å². The van der Waals surface area contributed by atoms with Crippen LogP contribution in [0.25, 0.3) is 22.5 Å². The van der Waals surface area contributed by atoms with E-state index in [-0.39, 0.29) is 70.9 Å². The van der Waals surface area contributed by atoms with E-state index in [0.717, 1.165) is 29.4 Å². The summed E-state index contributed by atoms with van der Waals surface area (Å²) in [5.74, 6) is -1.36. The van der Waals surface area contributed by atoms with Crippen LogP contribution in [0.4, 0.5) is 35.9 Å². The lowest BCUT2D eigenvalue weighted by molar-refractivity contribution is -0.142. The van der Waals surface area contributed by atoms with Crippen LogP contribution in [0.3, 0.4) is 0 Å². The average Bonchev–Trinajstić information content (AvgIpc) is 3.85. The summed E-state index contributed by atoms with van der Waals surface area (Å²) >= 11 is 0. The number of aliphatic hydroxyl groups excluding tert-OH is 2. The molecule has 2 aliphatic heterocycles. The number of aromatic nitrogens is 6. The van der Waals surface area contributed by atoms with Crippen molar-refractivity contribution in [3.05, 3.63) is 84.2 Å². The number of ketones is 1. The Morgan fingerprint density at radius 3 is 1.45 bits per heavy atom. The molecule has 0 spiro atoms. The molecule has 0 saturated carbocycles. The van der Waals surface area contributed by atoms with E-state index >= 15 is 0 Å². The highest BCUT2D eigenvalue weighted by Gasteiger charge is 2.42. The first kappa shape index (κ1) is 59.0. The number of rotatable bonds is 8. The predicted octanol–water partition coefficient (Wildman–Crippen LogP) is 6.94. The van der Waals surface area contributed by atoms with Gasteiger partial charge in [0, 0.05) is 55.0 Å². The number of pyridine rings is 2. The van der Waals surface area contributed by atoms with Crippen LogP contribution in [0.2, 0.25) is 0 Å². The Balaban J connectivity index is 0.000000384. The number of carbonyl (C=O) groups is 4. The first-order valence-electron chi connectivity index (χ1n) is 20.5. The lowest BCUT2D eigenvalue weighted by Crippen LogP contribution is -2.43. The number of Topliss-reactive ketones (excluding diaryl/α,β-unsaturated/α-hetero) is 1. The number of amides is 2. The lowest BCUT2D eigenvalue weighted by Gasteiger charge is -2.27. The minimum Gasteiger partial charge on any atom is -0.480 e. The third-order valence-electron chi connectivity index (χ3n) is 9.45. The summed E-state index contributed by atoms with van der Waals surface area (Å²) in [6, 6.07) is 5.78. The van der Waals surface area contributed by atoms with E-state index in [1.165, 1.54) is 29.7 Å². The van der Waals surface area contributed by atoms with Crippen molar-refractivity contribution in [1.29, 1.82) is 0 Å². The summed E-state index contributed by atoms with van der Waals surface area (Å²) in [5.41, 5.74) is 4.94. The molecule has 0 bridgehead atoms. The number of aliphatic hydroxyl groups is 2. The van der Waals surface area contributed by atoms with E-state index < -0.39 is 77.4 Å². The first-order chi connectivity index (χ1) is 31.0. The number of alkyl halides is 6. The maximum absolute atomic E-state index is 12.8. The molecule has 2 amide bonds. The Hall–Kier alpha value is -6.11. The molecular weight excluding hydrogens is 948 g/mol. The molecule has 2 saturated heterocycles. The van der Waals surface area contributed by atoms with Crippen LogP contribution < -0.4 is 5.73 Å². The molecule has 4 aromatic heterocycles. The van der Waals surface area contributed by atoms with Crippen molar-refractivity contribution in [2.24, 2.45) is 5.73 Å². The zero-order chi connectivity index (χ0) is 50.1. The van der Waals surface area contributed by atoms with Crippen LogP contribution in [0.15, 0.2) is 61.4 Å². The van der Waals surface area contributed by atoms with Gasteiger partial charge in [-0.2, -0.15) is 26.3 Å². The highest BCUT2D eigenvalue weighted by molar-refractivity contribution is 5.88. The normalized spacial score (nSPS) is 18.0. The summed E-state index contributed by atoms with van der Waals surface area (Å²) in [6.07, 6.45) is -6.68. The third-order valence-corrected chi connectivity index (χ3v) is 9.45. The van der Waals surface area contributed by atoms with Crippen molar-refractivity contribution < 1.29 is 70.3 Å². The van der Waals surface area contributed by atoms with E-state index in [4.69, 9.17) is 20.3 Å². The van der Waals surface area contributed by atoms with Crippen molar-refractivity contribution in [3.63, 3.8) is 0 Å². The number of halogens is 7. The molecule has 5 N–H and O–H groups in total. The fourth-order valence-electron chi connectivity index (χ4n) is 6.41. The van der Waals surface area contributed by atoms with Crippen LogP contribution in [-0.4, -0.2) is 128 Å². The van der Waals surface area contributed by atoms with Gasteiger partial charge >= 0.3 is 30.5 Å². The van der Waals surface area contributed by atoms with Crippen molar-refractivity contribution >= 4 is 36.3 Å². The van der Waals surface area contributed by atoms with Crippen molar-refractivity contribution in [1.82, 2.24) is 39.7 Å². The van der Waals surface area contributed by atoms with Gasteiger partial charge in [0.2, 0.25) is 0 Å². The number of carboxylic acids is 1. The standard InChI is InChI=1S/C22H25F3N4O4.C11H9F3N4.C10H17NO5.CH4.ClH/c1-21(2,3)33-20(32)29-11-15(30)9-17(29)18(31)6-5-14-8-16(28-12-27-14)13-4-7-19(26-10-13)22(23,24)25;12-11(13,14)10-2-1-7(5-16-10)9-3-8(4-15)17-6-18-9;1-10(2,3)16-9(15)11-5-6(12)4-7(11)8(13)14;;/h4,7-8,10,12,15,17,30H,5-6,9,11H2,1-3H3;1-3,5-6H,4,15H2;6-7,12H,4-5H2,1-3H3,(H,13,14);1H4;1H/t15-,17+;;6-,7+;;/m1.1../s1. The fraction of sp³-hybridized carbons (Fsp3) is 0.500. The summed E-state index contributed by atoms with van der Waals surface area (Å²) in [7, 11) is 0. The number of likely N-dealkylation sites (tertiary alicyclic amines) is 2. The van der Waals surface area contributed by atoms with Crippen molar-refractivity contribution in [2.45, 2.75) is 129 Å².